The lowest BCUT2D eigenvalue weighted by Crippen LogP contribution is -2.34. The Morgan fingerprint density at radius 2 is 2.00 bits per heavy atom. The Morgan fingerprint density at radius 1 is 1.30 bits per heavy atom. The Bertz CT molecular complexity index is 415. The summed E-state index contributed by atoms with van der Waals surface area (Å²) in [4.78, 5) is 2.32. The number of nitrogens with zero attached hydrogens (tertiary/aromatic N) is 1. The quantitative estimate of drug-likeness (QED) is 0.793. The average molecular weight is 276 g/mol. The molecule has 2 rings (SSSR count). The summed E-state index contributed by atoms with van der Waals surface area (Å²) in [6.07, 6.45) is 2.95. The Kier molecular flexibility index (Phi) is 5.58. The minimum absolute atomic E-state index is 0.290. The molecular formula is C17H28N2O. The molecule has 2 N–H and O–H groups in total. The zero-order chi connectivity index (χ0) is 14.5. The van der Waals surface area contributed by atoms with Gasteiger partial charge < -0.3 is 10.5 Å². The minimum atomic E-state index is 0.290. The molecule has 1 aliphatic carbocycles. The fraction of sp³-hybridized carbons (Fsp3) is 0.647. The van der Waals surface area contributed by atoms with Crippen LogP contribution in [0.3, 0.4) is 0 Å². The predicted molar refractivity (Wildman–Crippen MR) is 83.9 cm³/mol. The molecule has 20 heavy (non-hydrogen) atoms. The van der Waals surface area contributed by atoms with Crippen LogP contribution in [0.5, 0.6) is 0 Å². The molecule has 0 aromatic heterocycles. The molecule has 0 bridgehead atoms. The van der Waals surface area contributed by atoms with E-state index >= 15 is 0 Å². The molecule has 1 aromatic carbocycles. The van der Waals surface area contributed by atoms with Gasteiger partial charge in [0.1, 0.15) is 0 Å². The van der Waals surface area contributed by atoms with Crippen LogP contribution in [0.2, 0.25) is 0 Å². The number of rotatable bonds is 8. The van der Waals surface area contributed by atoms with E-state index in [2.05, 4.69) is 50.1 Å². The van der Waals surface area contributed by atoms with Crippen molar-refractivity contribution in [3.8, 4) is 0 Å². The SMILES string of the molecule is CC(C)OCCN(C)C(CN)c1ccccc1C1CC1. The minimum Gasteiger partial charge on any atom is -0.377 e. The monoisotopic (exact) mass is 276 g/mol. The highest BCUT2D eigenvalue weighted by atomic mass is 16.5. The molecular weight excluding hydrogens is 248 g/mol. The Morgan fingerprint density at radius 3 is 2.60 bits per heavy atom. The van der Waals surface area contributed by atoms with E-state index in [4.69, 9.17) is 10.5 Å². The highest BCUT2D eigenvalue weighted by Crippen LogP contribution is 2.43. The summed E-state index contributed by atoms with van der Waals surface area (Å²) >= 11 is 0. The molecule has 0 amide bonds. The molecule has 3 heteroatoms. The Labute approximate surface area is 123 Å². The standard InChI is InChI=1S/C17H28N2O/c1-13(2)20-11-10-19(3)17(12-18)16-7-5-4-6-15(16)14-8-9-14/h4-7,13-14,17H,8-12,18H2,1-3H3. The van der Waals surface area contributed by atoms with Gasteiger partial charge in [0.25, 0.3) is 0 Å². The van der Waals surface area contributed by atoms with E-state index in [9.17, 15) is 0 Å². The van der Waals surface area contributed by atoms with E-state index in [1.165, 1.54) is 24.0 Å². The molecule has 1 atom stereocenters. The predicted octanol–water partition coefficient (Wildman–Crippen LogP) is 2.92. The third-order valence-corrected chi connectivity index (χ3v) is 4.02. The van der Waals surface area contributed by atoms with Crippen LogP contribution < -0.4 is 5.73 Å². The van der Waals surface area contributed by atoms with Crippen molar-refractivity contribution in [2.24, 2.45) is 5.73 Å². The van der Waals surface area contributed by atoms with Gasteiger partial charge in [-0.25, -0.2) is 0 Å². The van der Waals surface area contributed by atoms with Gasteiger partial charge >= 0.3 is 0 Å². The second-order valence-electron chi connectivity index (χ2n) is 6.05. The number of nitrogens with two attached hydrogens (primary N) is 1. The van der Waals surface area contributed by atoms with E-state index < -0.39 is 0 Å². The van der Waals surface area contributed by atoms with Crippen molar-refractivity contribution in [3.63, 3.8) is 0 Å². The van der Waals surface area contributed by atoms with Gasteiger partial charge in [0.15, 0.2) is 0 Å². The maximum Gasteiger partial charge on any atom is 0.0597 e. The van der Waals surface area contributed by atoms with Gasteiger partial charge in [0, 0.05) is 19.1 Å². The zero-order valence-corrected chi connectivity index (χ0v) is 13.0. The van der Waals surface area contributed by atoms with E-state index in [-0.39, 0.29) is 0 Å². The van der Waals surface area contributed by atoms with Gasteiger partial charge in [0.2, 0.25) is 0 Å². The summed E-state index contributed by atoms with van der Waals surface area (Å²) in [5.41, 5.74) is 8.95. The van der Waals surface area contributed by atoms with E-state index in [1.807, 2.05) is 0 Å². The molecule has 0 heterocycles. The number of benzene rings is 1. The van der Waals surface area contributed by atoms with Crippen molar-refractivity contribution in [3.05, 3.63) is 35.4 Å². The summed E-state index contributed by atoms with van der Waals surface area (Å²) < 4.78 is 5.65. The van der Waals surface area contributed by atoms with Gasteiger partial charge in [-0.15, -0.1) is 0 Å². The molecule has 0 saturated heterocycles. The van der Waals surface area contributed by atoms with Crippen LogP contribution in [0.4, 0.5) is 0 Å². The average Bonchev–Trinajstić information content (AvgIpc) is 3.24. The maximum absolute atomic E-state index is 6.04. The molecule has 1 fully saturated rings. The number of ether oxygens (including phenoxy) is 1. The molecule has 0 spiro atoms. The van der Waals surface area contributed by atoms with Crippen LogP contribution in [0.15, 0.2) is 24.3 Å². The molecule has 0 radical (unpaired) electrons. The summed E-state index contributed by atoms with van der Waals surface area (Å²) in [6, 6.07) is 9.08. The summed E-state index contributed by atoms with van der Waals surface area (Å²) in [5.74, 6) is 0.764. The first-order valence-corrected chi connectivity index (χ1v) is 7.74. The summed E-state index contributed by atoms with van der Waals surface area (Å²) in [6.45, 7) is 6.48. The zero-order valence-electron chi connectivity index (χ0n) is 13.0. The highest BCUT2D eigenvalue weighted by molar-refractivity contribution is 5.35. The fourth-order valence-electron chi connectivity index (χ4n) is 2.71. The van der Waals surface area contributed by atoms with Gasteiger partial charge in [-0.3, -0.25) is 4.90 Å². The Hall–Kier alpha value is -0.900. The van der Waals surface area contributed by atoms with Crippen molar-refractivity contribution in [1.82, 2.24) is 4.90 Å². The molecule has 3 nitrogen and oxygen atoms in total. The molecule has 1 saturated carbocycles. The second kappa shape index (κ2) is 7.21. The molecule has 1 unspecified atom stereocenters. The first kappa shape index (κ1) is 15.5. The van der Waals surface area contributed by atoms with Crippen molar-refractivity contribution >= 4 is 0 Å². The fourth-order valence-corrected chi connectivity index (χ4v) is 2.71. The first-order chi connectivity index (χ1) is 9.63. The normalized spacial score (nSPS) is 16.9. The van der Waals surface area contributed by atoms with Crippen molar-refractivity contribution < 1.29 is 4.74 Å². The van der Waals surface area contributed by atoms with Crippen molar-refractivity contribution in [1.29, 1.82) is 0 Å². The van der Waals surface area contributed by atoms with Gasteiger partial charge in [-0.05, 0) is 50.8 Å². The number of hydrogen-bond donors (Lipinski definition) is 1. The number of likely N-dealkylation sites (N-methyl/N-ethyl adjacent to an activating group) is 1. The van der Waals surface area contributed by atoms with E-state index in [1.54, 1.807) is 0 Å². The van der Waals surface area contributed by atoms with Crippen LogP contribution in [0.1, 0.15) is 49.8 Å². The lowest BCUT2D eigenvalue weighted by atomic mass is 9.96. The molecule has 0 aliphatic heterocycles. The van der Waals surface area contributed by atoms with Crippen LogP contribution in [-0.2, 0) is 4.74 Å². The second-order valence-corrected chi connectivity index (χ2v) is 6.05. The smallest absolute Gasteiger partial charge is 0.0597 e. The van der Waals surface area contributed by atoms with Gasteiger partial charge in [0.05, 0.1) is 12.7 Å². The van der Waals surface area contributed by atoms with Crippen LogP contribution in [-0.4, -0.2) is 37.7 Å². The third-order valence-electron chi connectivity index (χ3n) is 4.02. The lowest BCUT2D eigenvalue weighted by Gasteiger charge is -2.29. The lowest BCUT2D eigenvalue weighted by molar-refractivity contribution is 0.0563. The van der Waals surface area contributed by atoms with Crippen LogP contribution in [0.25, 0.3) is 0 Å². The highest BCUT2D eigenvalue weighted by Gasteiger charge is 2.28. The van der Waals surface area contributed by atoms with Crippen LogP contribution in [0, 0.1) is 0 Å². The summed E-state index contributed by atoms with van der Waals surface area (Å²) in [7, 11) is 2.14. The first-order valence-electron chi connectivity index (χ1n) is 7.74. The van der Waals surface area contributed by atoms with E-state index in [0.717, 1.165) is 19.1 Å². The molecule has 1 aromatic rings. The largest absolute Gasteiger partial charge is 0.377 e. The maximum atomic E-state index is 6.04. The van der Waals surface area contributed by atoms with Gasteiger partial charge in [-0.2, -0.15) is 0 Å². The number of hydrogen-bond acceptors (Lipinski definition) is 3. The third kappa shape index (κ3) is 4.05. The molecule has 1 aliphatic rings. The Balaban J connectivity index is 2.03. The van der Waals surface area contributed by atoms with E-state index in [0.29, 0.717) is 18.7 Å². The van der Waals surface area contributed by atoms with Crippen LogP contribution >= 0.6 is 0 Å². The van der Waals surface area contributed by atoms with Crippen molar-refractivity contribution in [2.45, 2.75) is 44.8 Å². The van der Waals surface area contributed by atoms with Crippen molar-refractivity contribution in [2.75, 3.05) is 26.7 Å². The topological polar surface area (TPSA) is 38.5 Å². The summed E-state index contributed by atoms with van der Waals surface area (Å²) in [5, 5.41) is 0. The molecule has 112 valence electrons. The van der Waals surface area contributed by atoms with Gasteiger partial charge in [-0.1, -0.05) is 24.3 Å².